The molecule has 39 heavy (non-hydrogen) atoms. The van der Waals surface area contributed by atoms with Crippen molar-refractivity contribution < 1.29 is 57.2 Å². The number of amides is 1. The summed E-state index contributed by atoms with van der Waals surface area (Å²) in [6.45, 7) is 3.57. The van der Waals surface area contributed by atoms with Gasteiger partial charge >= 0.3 is 29.6 Å². The third-order valence-corrected chi connectivity index (χ3v) is 7.03. The molecule has 0 heterocycles. The van der Waals surface area contributed by atoms with Gasteiger partial charge in [-0.15, -0.1) is 5.11 Å². The van der Waals surface area contributed by atoms with E-state index in [0.717, 1.165) is 6.07 Å². The van der Waals surface area contributed by atoms with Gasteiger partial charge in [-0.2, -0.15) is 13.5 Å². The van der Waals surface area contributed by atoms with Crippen LogP contribution in [-0.2, 0) is 10.1 Å². The average molecular weight is 596 g/mol. The number of rotatable bonds is 7. The zero-order valence-electron chi connectivity index (χ0n) is 21.0. The largest absolute Gasteiger partial charge is 1.00 e. The molecule has 0 aliphatic carbocycles. The summed E-state index contributed by atoms with van der Waals surface area (Å²) in [6, 6.07) is 15.2. The standard InChI is InChI=1S/C26H21Cl2N3O6S.Na/c1-3-37-22-12-16(27)8-9-20(22)29-26(33)18-11-15-6-4-5-7-17(15)24(25(18)32)31-30-21-13-23(38(34,35)36)14(2)10-19(21)28;/h4-13,32H,3H2,1-2H3,(H,29,33)(H,34,35,36);/q;+1/p-1. The number of anilines is 1. The molecule has 0 radical (unpaired) electrons. The summed E-state index contributed by atoms with van der Waals surface area (Å²) in [6.07, 6.45) is 0. The molecule has 0 aliphatic heterocycles. The molecule has 4 rings (SSSR count). The Bertz CT molecular complexity index is 1710. The zero-order valence-corrected chi connectivity index (χ0v) is 25.4. The average Bonchev–Trinajstić information content (AvgIpc) is 2.85. The van der Waals surface area contributed by atoms with Gasteiger partial charge in [0, 0.05) is 22.0 Å². The van der Waals surface area contributed by atoms with Gasteiger partial charge in [-0.25, -0.2) is 0 Å². The predicted molar refractivity (Wildman–Crippen MR) is 144 cm³/mol. The summed E-state index contributed by atoms with van der Waals surface area (Å²) >= 11 is 12.2. The van der Waals surface area contributed by atoms with Crippen LogP contribution in [0, 0.1) is 6.92 Å². The SMILES string of the molecule is CCOc1cc(Cl)ccc1NC(=O)c1cc2ccccc2c(N=Nc2cc(S(=O)(=O)O)c(C)cc2Cl)c1[O-].[Na+]. The second-order valence-corrected chi connectivity index (χ2v) is 10.3. The number of nitrogens with zero attached hydrogens (tertiary/aromatic N) is 2. The van der Waals surface area contributed by atoms with E-state index in [4.69, 9.17) is 27.9 Å². The first-order chi connectivity index (χ1) is 18.0. The molecule has 9 nitrogen and oxygen atoms in total. The Morgan fingerprint density at radius 2 is 1.79 bits per heavy atom. The fraction of sp³-hybridized carbons (Fsp3) is 0.115. The Labute approximate surface area is 256 Å². The van der Waals surface area contributed by atoms with Crippen LogP contribution in [0.4, 0.5) is 17.1 Å². The normalized spacial score (nSPS) is 11.4. The van der Waals surface area contributed by atoms with Crippen LogP contribution in [0.15, 0.2) is 75.8 Å². The van der Waals surface area contributed by atoms with Crippen molar-refractivity contribution in [3.05, 3.63) is 81.8 Å². The molecular formula is C26H20Cl2N3NaO6S. The molecule has 0 aromatic heterocycles. The molecule has 13 heteroatoms. The number of hydrogen-bond acceptors (Lipinski definition) is 7. The molecule has 0 saturated carbocycles. The first-order valence-corrected chi connectivity index (χ1v) is 13.3. The molecule has 0 saturated heterocycles. The van der Waals surface area contributed by atoms with Gasteiger partial charge in [-0.1, -0.05) is 53.2 Å². The van der Waals surface area contributed by atoms with Crippen LogP contribution < -0.4 is 44.7 Å². The van der Waals surface area contributed by atoms with Crippen molar-refractivity contribution in [2.24, 2.45) is 10.2 Å². The van der Waals surface area contributed by atoms with Gasteiger partial charge in [0.1, 0.15) is 11.4 Å². The van der Waals surface area contributed by atoms with Crippen molar-refractivity contribution >= 4 is 67.1 Å². The molecular weight excluding hydrogens is 576 g/mol. The van der Waals surface area contributed by atoms with Crippen LogP contribution in [0.5, 0.6) is 11.5 Å². The van der Waals surface area contributed by atoms with E-state index in [2.05, 4.69) is 15.5 Å². The quantitative estimate of drug-likeness (QED) is 0.189. The van der Waals surface area contributed by atoms with Crippen molar-refractivity contribution in [2.75, 3.05) is 11.9 Å². The van der Waals surface area contributed by atoms with Crippen LogP contribution in [-0.4, -0.2) is 25.5 Å². The smallest absolute Gasteiger partial charge is 0.870 e. The maximum absolute atomic E-state index is 13.4. The van der Waals surface area contributed by atoms with Gasteiger partial charge in [0.2, 0.25) is 0 Å². The third-order valence-electron chi connectivity index (χ3n) is 5.49. The fourth-order valence-electron chi connectivity index (χ4n) is 3.74. The first-order valence-electron chi connectivity index (χ1n) is 11.2. The van der Waals surface area contributed by atoms with Crippen molar-refractivity contribution in [2.45, 2.75) is 18.7 Å². The Morgan fingerprint density at radius 3 is 2.49 bits per heavy atom. The Morgan fingerprint density at radius 1 is 1.08 bits per heavy atom. The van der Waals surface area contributed by atoms with Crippen LogP contribution in [0.3, 0.4) is 0 Å². The monoisotopic (exact) mass is 595 g/mol. The Balaban J connectivity index is 0.00000420. The number of carbonyl (C=O) groups is 1. The number of halogens is 2. The fourth-order valence-corrected chi connectivity index (χ4v) is 4.89. The predicted octanol–water partition coefficient (Wildman–Crippen LogP) is 3.85. The number of fused-ring (bicyclic) bond motifs is 1. The third kappa shape index (κ3) is 6.90. The van der Waals surface area contributed by atoms with Crippen LogP contribution >= 0.6 is 23.2 Å². The van der Waals surface area contributed by atoms with E-state index < -0.39 is 26.7 Å². The van der Waals surface area contributed by atoms with Crippen LogP contribution in [0.1, 0.15) is 22.8 Å². The zero-order chi connectivity index (χ0) is 27.6. The van der Waals surface area contributed by atoms with Crippen LogP contribution in [0.25, 0.3) is 10.8 Å². The summed E-state index contributed by atoms with van der Waals surface area (Å²) in [5.41, 5.74) is 0.0775. The van der Waals surface area contributed by atoms with E-state index in [-0.39, 0.29) is 57.1 Å². The van der Waals surface area contributed by atoms with E-state index in [0.29, 0.717) is 33.8 Å². The second kappa shape index (κ2) is 12.6. The first kappa shape index (κ1) is 30.8. The second-order valence-electron chi connectivity index (χ2n) is 8.09. The summed E-state index contributed by atoms with van der Waals surface area (Å²) in [4.78, 5) is 12.8. The van der Waals surface area contributed by atoms with Crippen LogP contribution in [0.2, 0.25) is 10.0 Å². The molecule has 0 aliphatic rings. The van der Waals surface area contributed by atoms with Gasteiger partial charge in [-0.3, -0.25) is 9.35 Å². The van der Waals surface area contributed by atoms with E-state index in [9.17, 15) is 22.9 Å². The molecule has 4 aromatic carbocycles. The number of benzene rings is 4. The van der Waals surface area contributed by atoms with E-state index in [1.165, 1.54) is 19.1 Å². The topological polar surface area (TPSA) is 140 Å². The van der Waals surface area contributed by atoms with Crippen molar-refractivity contribution in [1.82, 2.24) is 0 Å². The molecule has 1 amide bonds. The summed E-state index contributed by atoms with van der Waals surface area (Å²) in [5, 5.41) is 25.6. The molecule has 0 atom stereocenters. The van der Waals surface area contributed by atoms with E-state index in [1.807, 2.05) is 0 Å². The Hall–Kier alpha value is -2.70. The van der Waals surface area contributed by atoms with E-state index in [1.54, 1.807) is 49.4 Å². The van der Waals surface area contributed by atoms with Crippen molar-refractivity contribution in [3.63, 3.8) is 0 Å². The molecule has 0 spiro atoms. The number of carbonyl (C=O) groups excluding carboxylic acids is 1. The van der Waals surface area contributed by atoms with E-state index >= 15 is 0 Å². The van der Waals surface area contributed by atoms with Gasteiger partial charge in [-0.05, 0) is 55.1 Å². The Kier molecular flexibility index (Phi) is 10.0. The minimum atomic E-state index is -4.55. The van der Waals surface area contributed by atoms with Crippen molar-refractivity contribution in [3.8, 4) is 11.5 Å². The number of aryl methyl sites for hydroxylation is 1. The van der Waals surface area contributed by atoms with Gasteiger partial charge in [0.05, 0.1) is 27.9 Å². The van der Waals surface area contributed by atoms with Gasteiger partial charge in [0.25, 0.3) is 16.0 Å². The maximum atomic E-state index is 13.4. The molecule has 0 fully saturated rings. The molecule has 0 bridgehead atoms. The van der Waals surface area contributed by atoms with Gasteiger partial charge in [0.15, 0.2) is 0 Å². The minimum Gasteiger partial charge on any atom is -0.870 e. The number of azo groups is 1. The van der Waals surface area contributed by atoms with Crippen molar-refractivity contribution in [1.29, 1.82) is 0 Å². The maximum Gasteiger partial charge on any atom is 1.00 e. The molecule has 0 unspecified atom stereocenters. The number of hydrogen-bond donors (Lipinski definition) is 2. The summed E-state index contributed by atoms with van der Waals surface area (Å²) < 4.78 is 38.4. The minimum absolute atomic E-state index is 0. The number of ether oxygens (including phenoxy) is 1. The summed E-state index contributed by atoms with van der Waals surface area (Å²) in [5.74, 6) is -1.08. The molecule has 4 aromatic rings. The van der Waals surface area contributed by atoms with Gasteiger partial charge < -0.3 is 15.2 Å². The summed E-state index contributed by atoms with van der Waals surface area (Å²) in [7, 11) is -4.55. The molecule has 2 N–H and O–H groups in total. The molecule has 196 valence electrons. The number of nitrogens with one attached hydrogen (secondary N) is 1.